The molecule has 0 unspecified atom stereocenters. The Hall–Kier alpha value is -1.19. The van der Waals surface area contributed by atoms with E-state index < -0.39 is 0 Å². The van der Waals surface area contributed by atoms with E-state index in [-0.39, 0.29) is 15.2 Å². The first-order valence-electron chi connectivity index (χ1n) is 4.10. The third kappa shape index (κ3) is 1.83. The first-order chi connectivity index (χ1) is 6.77. The smallest absolute Gasteiger partial charge is 0.234 e. The highest BCUT2D eigenvalue weighted by Crippen LogP contribution is 2.12. The predicted octanol–water partition coefficient (Wildman–Crippen LogP) is 2.23. The lowest BCUT2D eigenvalue weighted by atomic mass is 10.1. The van der Waals surface area contributed by atoms with E-state index in [0.717, 1.165) is 5.17 Å². The van der Waals surface area contributed by atoms with E-state index in [1.165, 1.54) is 0 Å². The molecule has 1 aromatic carbocycles. The van der Waals surface area contributed by atoms with Gasteiger partial charge in [-0.3, -0.25) is 4.79 Å². The van der Waals surface area contributed by atoms with Crippen LogP contribution in [0.25, 0.3) is 0 Å². The van der Waals surface area contributed by atoms with Crippen LogP contribution in [-0.2, 0) is 0 Å². The van der Waals surface area contributed by atoms with Gasteiger partial charge in [0.05, 0.1) is 6.26 Å². The van der Waals surface area contributed by atoms with Crippen LogP contribution >= 0.6 is 11.6 Å². The Balaban J connectivity index is 2.33. The van der Waals surface area contributed by atoms with E-state index >= 15 is 0 Å². The highest BCUT2D eigenvalue weighted by Gasteiger charge is 2.09. The van der Waals surface area contributed by atoms with E-state index in [9.17, 15) is 4.79 Å². The molecule has 0 bridgehead atoms. The maximum atomic E-state index is 11.8. The molecule has 70 valence electrons. The lowest BCUT2D eigenvalue weighted by molar-refractivity contribution is 0.104. The Morgan fingerprint density at radius 3 is 2.50 bits per heavy atom. The summed E-state index contributed by atoms with van der Waals surface area (Å²) in [6.07, 6.45) is 1.57. The predicted molar refractivity (Wildman–Crippen MR) is 56.3 cm³/mol. The second-order valence-corrected chi connectivity index (χ2v) is 4.41. The molecular weight excluding hydrogens is 216 g/mol. The van der Waals surface area contributed by atoms with Gasteiger partial charge in [0.2, 0.25) is 9.38 Å². The standard InChI is InChI=1S/C10H7ClO2Si/c11-8-3-1-7(2-4-8)10(12)9-5-6-13-14-9/h1-6,14H. The summed E-state index contributed by atoms with van der Waals surface area (Å²) in [5.41, 5.74) is 0.659. The molecule has 0 fully saturated rings. The van der Waals surface area contributed by atoms with Gasteiger partial charge in [-0.05, 0) is 30.3 Å². The number of carbonyl (C=O) groups excluding carboxylic acids is 1. The number of benzene rings is 1. The number of halogens is 1. The number of rotatable bonds is 2. The van der Waals surface area contributed by atoms with Gasteiger partial charge < -0.3 is 4.10 Å². The molecular formula is C10H7ClO2Si. The Morgan fingerprint density at radius 1 is 1.21 bits per heavy atom. The molecule has 2 rings (SSSR count). The summed E-state index contributed by atoms with van der Waals surface area (Å²) in [5.74, 6) is 0.0328. The molecule has 2 nitrogen and oxygen atoms in total. The van der Waals surface area contributed by atoms with Gasteiger partial charge in [0, 0.05) is 15.8 Å². The van der Waals surface area contributed by atoms with Crippen molar-refractivity contribution in [3.63, 3.8) is 0 Å². The van der Waals surface area contributed by atoms with Gasteiger partial charge >= 0.3 is 0 Å². The molecule has 4 heteroatoms. The van der Waals surface area contributed by atoms with Gasteiger partial charge in [-0.1, -0.05) is 11.6 Å². The van der Waals surface area contributed by atoms with E-state index in [1.807, 2.05) is 0 Å². The van der Waals surface area contributed by atoms with Crippen LogP contribution in [0.4, 0.5) is 0 Å². The summed E-state index contributed by atoms with van der Waals surface area (Å²) in [6, 6.07) is 8.60. The van der Waals surface area contributed by atoms with Crippen LogP contribution in [0.5, 0.6) is 0 Å². The first kappa shape index (κ1) is 9.37. The van der Waals surface area contributed by atoms with Crippen LogP contribution in [0, 0.1) is 0 Å². The van der Waals surface area contributed by atoms with Crippen molar-refractivity contribution in [2.24, 2.45) is 0 Å². The second kappa shape index (κ2) is 3.90. The summed E-state index contributed by atoms with van der Waals surface area (Å²) in [7, 11) is -0.347. The molecule has 0 atom stereocenters. The average molecular weight is 223 g/mol. The van der Waals surface area contributed by atoms with Crippen molar-refractivity contribution in [3.8, 4) is 0 Å². The number of ketones is 1. The molecule has 0 N–H and O–H groups in total. The molecule has 0 spiro atoms. The summed E-state index contributed by atoms with van der Waals surface area (Å²) >= 11 is 5.72. The maximum Gasteiger partial charge on any atom is 0.234 e. The van der Waals surface area contributed by atoms with E-state index in [1.54, 1.807) is 36.6 Å². The van der Waals surface area contributed by atoms with Crippen molar-refractivity contribution in [2.45, 2.75) is 0 Å². The Bertz CT molecular complexity index is 434. The first-order valence-corrected chi connectivity index (χ1v) is 5.52. The molecule has 1 aromatic heterocycles. The second-order valence-electron chi connectivity index (χ2n) is 2.85. The van der Waals surface area contributed by atoms with Crippen molar-refractivity contribution in [1.29, 1.82) is 0 Å². The molecule has 14 heavy (non-hydrogen) atoms. The fourth-order valence-electron chi connectivity index (χ4n) is 1.16. The molecule has 0 aliphatic rings. The van der Waals surface area contributed by atoms with E-state index in [0.29, 0.717) is 10.6 Å². The largest absolute Gasteiger partial charge is 0.525 e. The SMILES string of the molecule is O=C(c1ccc(Cl)cc1)c1cco[siH]1. The van der Waals surface area contributed by atoms with Gasteiger partial charge in [-0.25, -0.2) is 0 Å². The molecule has 0 amide bonds. The molecule has 1 heterocycles. The Kier molecular flexibility index (Phi) is 2.61. The van der Waals surface area contributed by atoms with Crippen molar-refractivity contribution in [1.82, 2.24) is 0 Å². The minimum absolute atomic E-state index is 0.0328. The van der Waals surface area contributed by atoms with Crippen molar-refractivity contribution in [2.75, 3.05) is 0 Å². The van der Waals surface area contributed by atoms with Gasteiger partial charge in [-0.15, -0.1) is 0 Å². The Labute approximate surface area is 88.4 Å². The lowest BCUT2D eigenvalue weighted by Crippen LogP contribution is -2.01. The maximum absolute atomic E-state index is 11.8. The van der Waals surface area contributed by atoms with Crippen LogP contribution < -0.4 is 0 Å². The fourth-order valence-corrected chi connectivity index (χ4v) is 2.02. The monoisotopic (exact) mass is 222 g/mol. The van der Waals surface area contributed by atoms with Gasteiger partial charge in [0.25, 0.3) is 0 Å². The summed E-state index contributed by atoms with van der Waals surface area (Å²) in [5, 5.41) is 1.39. The minimum Gasteiger partial charge on any atom is -0.525 e. The van der Waals surface area contributed by atoms with Crippen LogP contribution in [0.2, 0.25) is 5.02 Å². The van der Waals surface area contributed by atoms with Crippen LogP contribution in [0.3, 0.4) is 0 Å². The molecule has 0 saturated carbocycles. The average Bonchev–Trinajstić information content (AvgIpc) is 2.71. The number of hydrogen-bond acceptors (Lipinski definition) is 2. The van der Waals surface area contributed by atoms with Crippen molar-refractivity contribution >= 4 is 26.8 Å². The van der Waals surface area contributed by atoms with Crippen LogP contribution in [0.1, 0.15) is 15.5 Å². The normalized spacial score (nSPS) is 10.1. The number of hydrogen-bond donors (Lipinski definition) is 0. The molecule has 0 radical (unpaired) electrons. The van der Waals surface area contributed by atoms with Crippen LogP contribution in [0.15, 0.2) is 40.7 Å². The molecule has 2 aromatic rings. The third-order valence-corrected chi connectivity index (χ3v) is 3.14. The van der Waals surface area contributed by atoms with E-state index in [4.69, 9.17) is 15.7 Å². The third-order valence-electron chi connectivity index (χ3n) is 1.89. The van der Waals surface area contributed by atoms with Gasteiger partial charge in [0.1, 0.15) is 0 Å². The zero-order valence-corrected chi connectivity index (χ0v) is 9.15. The topological polar surface area (TPSA) is 30.2 Å². The van der Waals surface area contributed by atoms with Crippen molar-refractivity contribution < 1.29 is 8.89 Å². The minimum atomic E-state index is -0.347. The van der Waals surface area contributed by atoms with E-state index in [2.05, 4.69) is 0 Å². The Morgan fingerprint density at radius 2 is 1.93 bits per heavy atom. The van der Waals surface area contributed by atoms with Gasteiger partial charge in [0.15, 0.2) is 5.78 Å². The zero-order valence-electron chi connectivity index (χ0n) is 7.24. The number of carbonyl (C=O) groups is 1. The highest BCUT2D eigenvalue weighted by atomic mass is 35.5. The molecule has 0 aliphatic carbocycles. The molecule has 0 saturated heterocycles. The highest BCUT2D eigenvalue weighted by molar-refractivity contribution is 6.37. The van der Waals surface area contributed by atoms with Crippen molar-refractivity contribution in [3.05, 3.63) is 52.4 Å². The summed E-state index contributed by atoms with van der Waals surface area (Å²) in [4.78, 5) is 11.8. The van der Waals surface area contributed by atoms with Gasteiger partial charge in [-0.2, -0.15) is 0 Å². The fraction of sp³-hybridized carbons (Fsp3) is 0. The van der Waals surface area contributed by atoms with Crippen LogP contribution in [-0.4, -0.2) is 15.2 Å². The quantitative estimate of drug-likeness (QED) is 0.576. The summed E-state index contributed by atoms with van der Waals surface area (Å²) in [6.45, 7) is 0. The molecule has 0 aliphatic heterocycles. The zero-order chi connectivity index (χ0) is 9.97. The summed E-state index contributed by atoms with van der Waals surface area (Å²) < 4.78 is 5.04. The lowest BCUT2D eigenvalue weighted by Gasteiger charge is -1.97.